The van der Waals surface area contributed by atoms with Crippen LogP contribution in [-0.4, -0.2) is 38.8 Å². The first-order valence-electron chi connectivity index (χ1n) is 5.07. The number of aliphatic imine (C=N–C) groups is 2. The zero-order chi connectivity index (χ0) is 12.1. The number of hydrogen-bond acceptors (Lipinski definition) is 5. The zero-order valence-corrected chi connectivity index (χ0v) is 9.80. The van der Waals surface area contributed by atoms with E-state index in [-0.39, 0.29) is 11.6 Å². The highest BCUT2D eigenvalue weighted by molar-refractivity contribution is 6.18. The number of nitrogens with zero attached hydrogens (tertiary/aromatic N) is 4. The monoisotopic (exact) mass is 223 g/mol. The van der Waals surface area contributed by atoms with Gasteiger partial charge in [-0.25, -0.2) is 15.0 Å². The molecule has 2 aliphatic rings. The molecule has 1 N–H and O–H groups in total. The van der Waals surface area contributed by atoms with E-state index in [1.165, 1.54) is 12.4 Å². The van der Waals surface area contributed by atoms with E-state index in [1.807, 2.05) is 0 Å². The van der Waals surface area contributed by atoms with Crippen LogP contribution >= 0.6 is 0 Å². The van der Waals surface area contributed by atoms with E-state index < -0.39 is 11.1 Å². The highest BCUT2D eigenvalue weighted by Crippen LogP contribution is 2.44. The van der Waals surface area contributed by atoms with Crippen molar-refractivity contribution < 1.29 is 10.4 Å². The lowest BCUT2D eigenvalue weighted by molar-refractivity contribution is -0.182. The summed E-state index contributed by atoms with van der Waals surface area (Å²) in [4.78, 5) is 7.88. The van der Waals surface area contributed by atoms with E-state index in [2.05, 4.69) is 9.98 Å². The Bertz CT molecular complexity index is 373. The van der Waals surface area contributed by atoms with Crippen molar-refractivity contribution in [3.63, 3.8) is 0 Å². The zero-order valence-electron chi connectivity index (χ0n) is 9.80. The molecule has 6 heteroatoms. The summed E-state index contributed by atoms with van der Waals surface area (Å²) in [5, 5.41) is 23.9. The van der Waals surface area contributed by atoms with Gasteiger partial charge in [-0.05, 0) is 27.7 Å². The molecule has 2 aliphatic heterocycles. The van der Waals surface area contributed by atoms with Crippen molar-refractivity contribution in [3.8, 4) is 0 Å². The first-order chi connectivity index (χ1) is 7.30. The van der Waals surface area contributed by atoms with Crippen LogP contribution in [0.25, 0.3) is 0 Å². The molecule has 1 radical (unpaired) electrons. The van der Waals surface area contributed by atoms with Crippen molar-refractivity contribution >= 4 is 12.4 Å². The molecule has 1 saturated heterocycles. The Labute approximate surface area is 94.1 Å². The summed E-state index contributed by atoms with van der Waals surface area (Å²) in [6.07, 6.45) is 2.98. The maximum absolute atomic E-state index is 12.1. The Morgan fingerprint density at radius 1 is 1.12 bits per heavy atom. The van der Waals surface area contributed by atoms with Crippen molar-refractivity contribution in [2.75, 3.05) is 0 Å². The predicted molar refractivity (Wildman–Crippen MR) is 58.3 cm³/mol. The molecule has 0 atom stereocenters. The smallest absolute Gasteiger partial charge is 0.202 e. The molecule has 0 aromatic carbocycles. The van der Waals surface area contributed by atoms with Crippen LogP contribution in [0.4, 0.5) is 0 Å². The van der Waals surface area contributed by atoms with Crippen LogP contribution in [0, 0.1) is 0 Å². The molecule has 1 fully saturated rings. The molecule has 2 heterocycles. The van der Waals surface area contributed by atoms with Crippen molar-refractivity contribution in [1.29, 1.82) is 0 Å². The Hall–Kier alpha value is -1.40. The summed E-state index contributed by atoms with van der Waals surface area (Å²) < 4.78 is 0. The minimum Gasteiger partial charge on any atom is -0.286 e. The van der Waals surface area contributed by atoms with E-state index in [1.54, 1.807) is 27.7 Å². The van der Waals surface area contributed by atoms with Gasteiger partial charge in [-0.2, -0.15) is 5.06 Å². The van der Waals surface area contributed by atoms with E-state index in [4.69, 9.17) is 0 Å². The third-order valence-corrected chi connectivity index (χ3v) is 3.59. The predicted octanol–water partition coefficient (Wildman–Crippen LogP) is 1.18. The molecule has 0 unspecified atom stereocenters. The van der Waals surface area contributed by atoms with Gasteiger partial charge in [0.15, 0.2) is 5.82 Å². The standard InChI is InChI=1S/C10H15N4O2/c1-9(2)10(3,4)14(16)8(13(9)15)7-11-5-6-12-7/h5-6,15H,1-4H3. The van der Waals surface area contributed by atoms with E-state index >= 15 is 0 Å². The molecule has 0 saturated carbocycles. The third kappa shape index (κ3) is 1.14. The molecule has 0 aromatic rings. The van der Waals surface area contributed by atoms with Crippen LogP contribution in [0.15, 0.2) is 21.6 Å². The first-order valence-corrected chi connectivity index (χ1v) is 5.07. The van der Waals surface area contributed by atoms with Crippen molar-refractivity contribution in [2.24, 2.45) is 9.98 Å². The fourth-order valence-electron chi connectivity index (χ4n) is 1.67. The number of hydroxylamine groups is 4. The van der Waals surface area contributed by atoms with Gasteiger partial charge in [0.05, 0.1) is 11.1 Å². The molecule has 16 heavy (non-hydrogen) atoms. The average Bonchev–Trinajstić information content (AvgIpc) is 2.73. The largest absolute Gasteiger partial charge is 0.286 e. The SMILES string of the molecule is CC1(C)N([O])C(=C2N=CC=N2)N(O)C1(C)C. The molecule has 6 nitrogen and oxygen atoms in total. The van der Waals surface area contributed by atoms with Crippen LogP contribution in [0.3, 0.4) is 0 Å². The van der Waals surface area contributed by atoms with Crippen molar-refractivity contribution in [3.05, 3.63) is 11.6 Å². The van der Waals surface area contributed by atoms with Gasteiger partial charge in [0.1, 0.15) is 0 Å². The third-order valence-electron chi connectivity index (χ3n) is 3.59. The van der Waals surface area contributed by atoms with Gasteiger partial charge in [-0.15, -0.1) is 0 Å². The summed E-state index contributed by atoms with van der Waals surface area (Å²) in [7, 11) is 0. The summed E-state index contributed by atoms with van der Waals surface area (Å²) >= 11 is 0. The maximum atomic E-state index is 12.1. The van der Waals surface area contributed by atoms with Gasteiger partial charge in [0.25, 0.3) is 0 Å². The van der Waals surface area contributed by atoms with Gasteiger partial charge in [0.2, 0.25) is 5.82 Å². The van der Waals surface area contributed by atoms with Crippen LogP contribution in [-0.2, 0) is 5.21 Å². The van der Waals surface area contributed by atoms with Crippen molar-refractivity contribution in [1.82, 2.24) is 10.1 Å². The Morgan fingerprint density at radius 2 is 1.62 bits per heavy atom. The van der Waals surface area contributed by atoms with E-state index in [9.17, 15) is 10.4 Å². The molecular weight excluding hydrogens is 208 g/mol. The van der Waals surface area contributed by atoms with Gasteiger partial charge >= 0.3 is 0 Å². The Morgan fingerprint density at radius 3 is 2.00 bits per heavy atom. The van der Waals surface area contributed by atoms with Gasteiger partial charge in [-0.3, -0.25) is 5.21 Å². The quantitative estimate of drug-likeness (QED) is 0.670. The first kappa shape index (κ1) is 11.1. The van der Waals surface area contributed by atoms with Gasteiger partial charge in [0, 0.05) is 12.4 Å². The Kier molecular flexibility index (Phi) is 2.12. The summed E-state index contributed by atoms with van der Waals surface area (Å²) in [6, 6.07) is 0. The summed E-state index contributed by atoms with van der Waals surface area (Å²) in [5.41, 5.74) is -1.46. The topological polar surface area (TPSA) is 71.3 Å². The Balaban J connectivity index is 2.56. The molecule has 0 aliphatic carbocycles. The minimum atomic E-state index is -0.752. The maximum Gasteiger partial charge on any atom is 0.202 e. The lowest BCUT2D eigenvalue weighted by atomic mass is 9.84. The molecule has 0 bridgehead atoms. The second-order valence-corrected chi connectivity index (χ2v) is 4.93. The number of rotatable bonds is 0. The molecule has 0 aromatic heterocycles. The summed E-state index contributed by atoms with van der Waals surface area (Å²) in [5.74, 6) is 0.344. The molecule has 87 valence electrons. The molecular formula is C10H15N4O2. The second kappa shape index (κ2) is 3.05. The summed E-state index contributed by atoms with van der Waals surface area (Å²) in [6.45, 7) is 7.15. The van der Waals surface area contributed by atoms with Gasteiger partial charge in [-0.1, -0.05) is 5.21 Å². The molecule has 0 amide bonds. The average molecular weight is 223 g/mol. The lowest BCUT2D eigenvalue weighted by Crippen LogP contribution is -2.52. The normalized spacial score (nSPS) is 26.1. The van der Waals surface area contributed by atoms with Crippen LogP contribution in [0.5, 0.6) is 0 Å². The van der Waals surface area contributed by atoms with Crippen LogP contribution in [0.1, 0.15) is 27.7 Å². The molecule has 2 rings (SSSR count). The second-order valence-electron chi connectivity index (χ2n) is 4.93. The van der Waals surface area contributed by atoms with Crippen LogP contribution < -0.4 is 0 Å². The minimum absolute atomic E-state index is 0.0972. The highest BCUT2D eigenvalue weighted by atomic mass is 16.6. The van der Waals surface area contributed by atoms with Gasteiger partial charge < -0.3 is 0 Å². The fourth-order valence-corrected chi connectivity index (χ4v) is 1.67. The molecule has 0 spiro atoms. The van der Waals surface area contributed by atoms with Crippen molar-refractivity contribution in [2.45, 2.75) is 38.8 Å². The fraction of sp³-hybridized carbons (Fsp3) is 0.600. The lowest BCUT2D eigenvalue weighted by Gasteiger charge is -2.36. The van der Waals surface area contributed by atoms with E-state index in [0.29, 0.717) is 0 Å². The number of hydrogen-bond donors (Lipinski definition) is 1. The van der Waals surface area contributed by atoms with Crippen LogP contribution in [0.2, 0.25) is 0 Å². The van der Waals surface area contributed by atoms with E-state index in [0.717, 1.165) is 10.1 Å². The highest BCUT2D eigenvalue weighted by Gasteiger charge is 2.57.